The lowest BCUT2D eigenvalue weighted by Gasteiger charge is -2.11. The highest BCUT2D eigenvalue weighted by Crippen LogP contribution is 2.31. The maximum absolute atomic E-state index is 13.7. The number of methoxy groups -OCH3 is 2. The summed E-state index contributed by atoms with van der Waals surface area (Å²) in [4.78, 5) is 24.6. The van der Waals surface area contributed by atoms with Crippen molar-refractivity contribution in [3.63, 3.8) is 0 Å². The van der Waals surface area contributed by atoms with Crippen molar-refractivity contribution in [3.8, 4) is 22.6 Å². The average molecular weight is 422 g/mol. The van der Waals surface area contributed by atoms with Gasteiger partial charge < -0.3 is 20.1 Å². The molecule has 2 amide bonds. The lowest BCUT2D eigenvalue weighted by Crippen LogP contribution is -2.34. The summed E-state index contributed by atoms with van der Waals surface area (Å²) in [5.41, 5.74) is 2.15. The summed E-state index contributed by atoms with van der Waals surface area (Å²) < 4.78 is 24.0. The van der Waals surface area contributed by atoms with Gasteiger partial charge >= 0.3 is 0 Å². The number of hydrogen-bond acceptors (Lipinski definition) is 4. The molecular formula is C24H23FN2O4. The van der Waals surface area contributed by atoms with Crippen molar-refractivity contribution < 1.29 is 23.5 Å². The molecule has 6 nitrogen and oxygen atoms in total. The van der Waals surface area contributed by atoms with Gasteiger partial charge in [-0.25, -0.2) is 4.39 Å². The first-order valence-electron chi connectivity index (χ1n) is 9.66. The summed E-state index contributed by atoms with van der Waals surface area (Å²) in [5, 5.41) is 5.51. The Kier molecular flexibility index (Phi) is 7.22. The van der Waals surface area contributed by atoms with Gasteiger partial charge in [0, 0.05) is 29.8 Å². The van der Waals surface area contributed by atoms with Crippen LogP contribution in [0.3, 0.4) is 0 Å². The molecule has 0 saturated carbocycles. The van der Waals surface area contributed by atoms with Crippen LogP contribution in [0.15, 0.2) is 66.7 Å². The number of carbonyl (C=O) groups excluding carboxylic acids is 2. The maximum atomic E-state index is 13.7. The number of ether oxygens (including phenoxy) is 2. The second-order valence-corrected chi connectivity index (χ2v) is 6.67. The molecule has 0 atom stereocenters. The van der Waals surface area contributed by atoms with Crippen LogP contribution in [0.1, 0.15) is 20.7 Å². The molecule has 160 valence electrons. The summed E-state index contributed by atoms with van der Waals surface area (Å²) >= 11 is 0. The highest BCUT2D eigenvalue weighted by atomic mass is 19.1. The van der Waals surface area contributed by atoms with Gasteiger partial charge in [0.05, 0.1) is 14.2 Å². The van der Waals surface area contributed by atoms with Crippen LogP contribution in [0.5, 0.6) is 11.5 Å². The standard InChI is InChI=1S/C24H23FN2O4/c1-30-20-9-6-16(7-10-20)23(28)26-12-13-27-24(29)18-5-3-4-17(14-18)21-15-19(25)8-11-22(21)31-2/h3-11,14-15H,12-13H2,1-2H3,(H,26,28)(H,27,29). The Bertz CT molecular complexity index is 1070. The smallest absolute Gasteiger partial charge is 0.251 e. The molecule has 2 N–H and O–H groups in total. The second-order valence-electron chi connectivity index (χ2n) is 6.67. The Morgan fingerprint density at radius 2 is 1.48 bits per heavy atom. The summed E-state index contributed by atoms with van der Waals surface area (Å²) in [7, 11) is 3.07. The predicted octanol–water partition coefficient (Wildman–Crippen LogP) is 3.67. The number of benzene rings is 3. The van der Waals surface area contributed by atoms with Gasteiger partial charge in [0.25, 0.3) is 11.8 Å². The Hall–Kier alpha value is -3.87. The third-order valence-electron chi connectivity index (χ3n) is 4.65. The van der Waals surface area contributed by atoms with Crippen LogP contribution in [-0.2, 0) is 0 Å². The van der Waals surface area contributed by atoms with E-state index in [-0.39, 0.29) is 24.9 Å². The Morgan fingerprint density at radius 3 is 2.13 bits per heavy atom. The molecule has 0 spiro atoms. The molecular weight excluding hydrogens is 399 g/mol. The number of rotatable bonds is 8. The van der Waals surface area contributed by atoms with Crippen molar-refractivity contribution in [1.29, 1.82) is 0 Å². The van der Waals surface area contributed by atoms with Gasteiger partial charge in [-0.3, -0.25) is 9.59 Å². The van der Waals surface area contributed by atoms with Crippen LogP contribution in [0.25, 0.3) is 11.1 Å². The minimum absolute atomic E-state index is 0.239. The first kappa shape index (κ1) is 21.8. The summed E-state index contributed by atoms with van der Waals surface area (Å²) in [6, 6.07) is 17.8. The first-order valence-corrected chi connectivity index (χ1v) is 9.66. The number of nitrogens with one attached hydrogen (secondary N) is 2. The topological polar surface area (TPSA) is 76.7 Å². The highest BCUT2D eigenvalue weighted by Gasteiger charge is 2.11. The number of amides is 2. The number of carbonyl (C=O) groups is 2. The average Bonchev–Trinajstić information content (AvgIpc) is 2.81. The fourth-order valence-corrected chi connectivity index (χ4v) is 3.03. The zero-order chi connectivity index (χ0) is 22.2. The van der Waals surface area contributed by atoms with E-state index in [0.717, 1.165) is 0 Å². The predicted molar refractivity (Wildman–Crippen MR) is 116 cm³/mol. The fraction of sp³-hybridized carbons (Fsp3) is 0.167. The highest BCUT2D eigenvalue weighted by molar-refractivity contribution is 5.96. The van der Waals surface area contributed by atoms with Crippen molar-refractivity contribution in [2.45, 2.75) is 0 Å². The van der Waals surface area contributed by atoms with Crippen LogP contribution >= 0.6 is 0 Å². The third kappa shape index (κ3) is 5.60. The normalized spacial score (nSPS) is 10.3. The van der Waals surface area contributed by atoms with Crippen LogP contribution in [-0.4, -0.2) is 39.1 Å². The van der Waals surface area contributed by atoms with Gasteiger partial charge in [0.2, 0.25) is 0 Å². The lowest BCUT2D eigenvalue weighted by molar-refractivity contribution is 0.0927. The SMILES string of the molecule is COc1ccc(C(=O)NCCNC(=O)c2cccc(-c3cc(F)ccc3OC)c2)cc1. The minimum atomic E-state index is -0.391. The van der Waals surface area contributed by atoms with E-state index in [1.165, 1.54) is 19.2 Å². The Labute approximate surface area is 180 Å². The Morgan fingerprint density at radius 1 is 0.806 bits per heavy atom. The summed E-state index contributed by atoms with van der Waals surface area (Å²) in [6.07, 6.45) is 0. The zero-order valence-corrected chi connectivity index (χ0v) is 17.3. The molecule has 0 aliphatic heterocycles. The van der Waals surface area contributed by atoms with Crippen LogP contribution in [0.2, 0.25) is 0 Å². The molecule has 7 heteroatoms. The molecule has 0 aliphatic carbocycles. The van der Waals surface area contributed by atoms with E-state index in [4.69, 9.17) is 9.47 Å². The van der Waals surface area contributed by atoms with E-state index in [2.05, 4.69) is 10.6 Å². The third-order valence-corrected chi connectivity index (χ3v) is 4.65. The van der Waals surface area contributed by atoms with Crippen LogP contribution in [0.4, 0.5) is 4.39 Å². The van der Waals surface area contributed by atoms with Crippen molar-refractivity contribution in [2.75, 3.05) is 27.3 Å². The molecule has 0 saturated heterocycles. The van der Waals surface area contributed by atoms with Crippen molar-refractivity contribution >= 4 is 11.8 Å². The first-order chi connectivity index (χ1) is 15.0. The zero-order valence-electron chi connectivity index (χ0n) is 17.3. The molecule has 3 rings (SSSR count). The van der Waals surface area contributed by atoms with E-state index >= 15 is 0 Å². The monoisotopic (exact) mass is 422 g/mol. The molecule has 0 heterocycles. The summed E-state index contributed by atoms with van der Waals surface area (Å²) in [5.74, 6) is 0.258. The molecule has 0 fully saturated rings. The van der Waals surface area contributed by atoms with Crippen LogP contribution < -0.4 is 20.1 Å². The quantitative estimate of drug-likeness (QED) is 0.543. The molecule has 3 aromatic rings. The van der Waals surface area contributed by atoms with Crippen molar-refractivity contribution in [3.05, 3.63) is 83.7 Å². The molecule has 0 unspecified atom stereocenters. The minimum Gasteiger partial charge on any atom is -0.497 e. The van der Waals surface area contributed by atoms with Gasteiger partial charge in [0.1, 0.15) is 17.3 Å². The second kappa shape index (κ2) is 10.2. The van der Waals surface area contributed by atoms with Gasteiger partial charge in [0.15, 0.2) is 0 Å². The van der Waals surface area contributed by atoms with E-state index in [1.54, 1.807) is 61.7 Å². The molecule has 31 heavy (non-hydrogen) atoms. The lowest BCUT2D eigenvalue weighted by atomic mass is 10.0. The molecule has 0 aliphatic rings. The van der Waals surface area contributed by atoms with E-state index < -0.39 is 5.82 Å². The Balaban J connectivity index is 1.57. The molecule has 0 radical (unpaired) electrons. The number of halogens is 1. The molecule has 0 aromatic heterocycles. The van der Waals surface area contributed by atoms with E-state index in [9.17, 15) is 14.0 Å². The van der Waals surface area contributed by atoms with Gasteiger partial charge in [-0.15, -0.1) is 0 Å². The van der Waals surface area contributed by atoms with Crippen molar-refractivity contribution in [2.24, 2.45) is 0 Å². The van der Waals surface area contributed by atoms with Crippen LogP contribution in [0, 0.1) is 5.82 Å². The number of hydrogen-bond donors (Lipinski definition) is 2. The van der Waals surface area contributed by atoms with E-state index in [0.29, 0.717) is 33.8 Å². The maximum Gasteiger partial charge on any atom is 0.251 e. The molecule has 3 aromatic carbocycles. The van der Waals surface area contributed by atoms with E-state index in [1.807, 2.05) is 0 Å². The largest absolute Gasteiger partial charge is 0.497 e. The fourth-order valence-electron chi connectivity index (χ4n) is 3.03. The van der Waals surface area contributed by atoms with Gasteiger partial charge in [-0.1, -0.05) is 12.1 Å². The van der Waals surface area contributed by atoms with Crippen molar-refractivity contribution in [1.82, 2.24) is 10.6 Å². The summed E-state index contributed by atoms with van der Waals surface area (Å²) in [6.45, 7) is 0.530. The van der Waals surface area contributed by atoms with Gasteiger partial charge in [-0.05, 0) is 60.2 Å². The molecule has 0 bridgehead atoms. The van der Waals surface area contributed by atoms with Gasteiger partial charge in [-0.2, -0.15) is 0 Å².